The van der Waals surface area contributed by atoms with E-state index in [1.54, 1.807) is 18.2 Å². The van der Waals surface area contributed by atoms with Crippen molar-refractivity contribution in [3.8, 4) is 28.6 Å². The SMILES string of the molecule is CC(=O)c1c(O)c(O)n(-c2ccc3nc[nH]c3c2)c1-c1cc(Br)ccc1F. The highest BCUT2D eigenvalue weighted by molar-refractivity contribution is 9.10. The van der Waals surface area contributed by atoms with Gasteiger partial charge in [-0.1, -0.05) is 15.9 Å². The van der Waals surface area contributed by atoms with Gasteiger partial charge in [0.1, 0.15) is 5.82 Å². The van der Waals surface area contributed by atoms with Crippen molar-refractivity contribution in [2.24, 2.45) is 0 Å². The van der Waals surface area contributed by atoms with E-state index in [0.717, 1.165) is 0 Å². The van der Waals surface area contributed by atoms with Gasteiger partial charge in [0.05, 0.1) is 34.3 Å². The summed E-state index contributed by atoms with van der Waals surface area (Å²) in [6.07, 6.45) is 1.53. The van der Waals surface area contributed by atoms with E-state index in [1.165, 1.54) is 36.0 Å². The second kappa shape index (κ2) is 6.24. The number of hydrogen-bond donors (Lipinski definition) is 3. The van der Waals surface area contributed by atoms with Crippen molar-refractivity contribution in [2.75, 3.05) is 0 Å². The summed E-state index contributed by atoms with van der Waals surface area (Å²) in [5, 5.41) is 20.9. The van der Waals surface area contributed by atoms with Gasteiger partial charge in [-0.25, -0.2) is 9.37 Å². The van der Waals surface area contributed by atoms with Crippen molar-refractivity contribution < 1.29 is 19.4 Å². The lowest BCUT2D eigenvalue weighted by molar-refractivity contribution is 0.101. The third-order valence-electron chi connectivity index (χ3n) is 4.32. The van der Waals surface area contributed by atoms with Crippen LogP contribution in [0.1, 0.15) is 17.3 Å². The molecule has 0 unspecified atom stereocenters. The van der Waals surface area contributed by atoms with Crippen LogP contribution < -0.4 is 0 Å². The van der Waals surface area contributed by atoms with Gasteiger partial charge in [-0.2, -0.15) is 0 Å². The average molecular weight is 430 g/mol. The number of carbonyl (C=O) groups excluding carboxylic acids is 1. The zero-order chi connectivity index (χ0) is 19.3. The molecule has 0 aliphatic heterocycles. The lowest BCUT2D eigenvalue weighted by Crippen LogP contribution is -2.02. The van der Waals surface area contributed by atoms with Gasteiger partial charge in [-0.15, -0.1) is 0 Å². The molecule has 136 valence electrons. The summed E-state index contributed by atoms with van der Waals surface area (Å²) in [5.41, 5.74) is 1.79. The maximum absolute atomic E-state index is 14.6. The largest absolute Gasteiger partial charge is 0.503 e. The molecule has 4 aromatic rings. The third-order valence-corrected chi connectivity index (χ3v) is 4.81. The molecule has 0 radical (unpaired) electrons. The molecule has 4 rings (SSSR count). The Labute approximate surface area is 161 Å². The Morgan fingerprint density at radius 2 is 2.00 bits per heavy atom. The zero-order valence-corrected chi connectivity index (χ0v) is 15.6. The standard InChI is InChI=1S/C19H13BrFN3O3/c1-9(25)16-17(12-6-10(20)2-4-13(12)21)24(19(27)18(16)26)11-3-5-14-15(7-11)23-8-22-14/h2-8,26-27H,1H3,(H,22,23). The molecule has 0 atom stereocenters. The zero-order valence-electron chi connectivity index (χ0n) is 14.0. The van der Waals surface area contributed by atoms with Gasteiger partial charge in [-0.3, -0.25) is 9.36 Å². The second-order valence-corrected chi connectivity index (χ2v) is 6.93. The van der Waals surface area contributed by atoms with Crippen molar-refractivity contribution in [2.45, 2.75) is 6.92 Å². The van der Waals surface area contributed by atoms with E-state index in [1.807, 2.05) is 0 Å². The number of benzene rings is 2. The van der Waals surface area contributed by atoms with Gasteiger partial charge >= 0.3 is 0 Å². The average Bonchev–Trinajstić information content (AvgIpc) is 3.19. The number of aromatic nitrogens is 3. The van der Waals surface area contributed by atoms with E-state index in [-0.39, 0.29) is 16.8 Å². The number of aromatic hydroxyl groups is 2. The fourth-order valence-electron chi connectivity index (χ4n) is 3.13. The molecule has 0 saturated heterocycles. The highest BCUT2D eigenvalue weighted by atomic mass is 79.9. The topological polar surface area (TPSA) is 91.1 Å². The molecule has 27 heavy (non-hydrogen) atoms. The van der Waals surface area contributed by atoms with Gasteiger partial charge in [0, 0.05) is 10.0 Å². The van der Waals surface area contributed by atoms with Gasteiger partial charge in [-0.05, 0) is 43.3 Å². The van der Waals surface area contributed by atoms with Crippen LogP contribution in [0, 0.1) is 5.82 Å². The van der Waals surface area contributed by atoms with Gasteiger partial charge in [0.2, 0.25) is 5.88 Å². The summed E-state index contributed by atoms with van der Waals surface area (Å²) in [7, 11) is 0. The van der Waals surface area contributed by atoms with E-state index >= 15 is 0 Å². The van der Waals surface area contributed by atoms with Crippen molar-refractivity contribution in [1.82, 2.24) is 14.5 Å². The first-order valence-corrected chi connectivity index (χ1v) is 8.74. The smallest absolute Gasteiger partial charge is 0.240 e. The second-order valence-electron chi connectivity index (χ2n) is 6.02. The molecule has 0 amide bonds. The van der Waals surface area contributed by atoms with Crippen molar-refractivity contribution in [3.63, 3.8) is 0 Å². The number of ketones is 1. The van der Waals surface area contributed by atoms with Crippen LogP contribution in [0.5, 0.6) is 11.6 Å². The quantitative estimate of drug-likeness (QED) is 0.417. The van der Waals surface area contributed by atoms with Crippen molar-refractivity contribution in [1.29, 1.82) is 0 Å². The highest BCUT2D eigenvalue weighted by Gasteiger charge is 2.29. The number of aromatic amines is 1. The van der Waals surface area contributed by atoms with Crippen LogP contribution >= 0.6 is 15.9 Å². The minimum absolute atomic E-state index is 0.0647. The van der Waals surface area contributed by atoms with E-state index < -0.39 is 23.2 Å². The minimum Gasteiger partial charge on any atom is -0.503 e. The van der Waals surface area contributed by atoms with E-state index in [9.17, 15) is 19.4 Å². The Kier molecular flexibility index (Phi) is 4.00. The Morgan fingerprint density at radius 1 is 1.22 bits per heavy atom. The van der Waals surface area contributed by atoms with Crippen LogP contribution in [0.15, 0.2) is 47.2 Å². The third kappa shape index (κ3) is 2.69. The molecule has 0 spiro atoms. The number of imidazole rings is 1. The number of fused-ring (bicyclic) bond motifs is 1. The molecule has 0 aliphatic rings. The number of Topliss-reactive ketones (excluding diaryl/α,β-unsaturated/α-hetero) is 1. The molecular weight excluding hydrogens is 417 g/mol. The predicted molar refractivity (Wildman–Crippen MR) is 102 cm³/mol. The molecule has 0 bridgehead atoms. The lowest BCUT2D eigenvalue weighted by atomic mass is 10.0. The van der Waals surface area contributed by atoms with Crippen LogP contribution in [0.3, 0.4) is 0 Å². The number of carbonyl (C=O) groups is 1. The maximum Gasteiger partial charge on any atom is 0.240 e. The highest BCUT2D eigenvalue weighted by Crippen LogP contribution is 2.44. The van der Waals surface area contributed by atoms with Gasteiger partial charge < -0.3 is 15.2 Å². The Hall–Kier alpha value is -3.13. The Morgan fingerprint density at radius 3 is 2.74 bits per heavy atom. The first kappa shape index (κ1) is 17.3. The molecule has 3 N–H and O–H groups in total. The first-order chi connectivity index (χ1) is 12.9. The van der Waals surface area contributed by atoms with E-state index in [0.29, 0.717) is 21.2 Å². The monoisotopic (exact) mass is 429 g/mol. The summed E-state index contributed by atoms with van der Waals surface area (Å²) in [4.78, 5) is 19.3. The molecule has 2 aromatic carbocycles. The fraction of sp³-hybridized carbons (Fsp3) is 0.0526. The van der Waals surface area contributed by atoms with Crippen LogP contribution in [-0.4, -0.2) is 30.5 Å². The van der Waals surface area contributed by atoms with Crippen LogP contribution in [0.25, 0.3) is 28.0 Å². The lowest BCUT2D eigenvalue weighted by Gasteiger charge is -2.13. The maximum atomic E-state index is 14.6. The normalized spacial score (nSPS) is 11.2. The van der Waals surface area contributed by atoms with E-state index in [2.05, 4.69) is 25.9 Å². The van der Waals surface area contributed by atoms with Crippen LogP contribution in [0.2, 0.25) is 0 Å². The fourth-order valence-corrected chi connectivity index (χ4v) is 3.49. The summed E-state index contributed by atoms with van der Waals surface area (Å²) in [6, 6.07) is 9.31. The summed E-state index contributed by atoms with van der Waals surface area (Å²) in [5.74, 6) is -2.24. The van der Waals surface area contributed by atoms with Crippen LogP contribution in [0.4, 0.5) is 4.39 Å². The number of H-pyrrole nitrogens is 1. The molecule has 0 aliphatic carbocycles. The number of nitrogens with zero attached hydrogens (tertiary/aromatic N) is 2. The number of hydrogen-bond acceptors (Lipinski definition) is 4. The van der Waals surface area contributed by atoms with Crippen molar-refractivity contribution in [3.05, 3.63) is 58.6 Å². The molecule has 0 saturated carbocycles. The predicted octanol–water partition coefficient (Wildman–Crippen LogP) is 4.54. The molecule has 2 aromatic heterocycles. The minimum atomic E-state index is -0.596. The van der Waals surface area contributed by atoms with Gasteiger partial charge in [0.25, 0.3) is 0 Å². The first-order valence-electron chi connectivity index (χ1n) is 7.95. The molecule has 6 nitrogen and oxygen atoms in total. The molecule has 0 fully saturated rings. The molecule has 8 heteroatoms. The summed E-state index contributed by atoms with van der Waals surface area (Å²) < 4.78 is 16.4. The van der Waals surface area contributed by atoms with Gasteiger partial charge in [0.15, 0.2) is 11.5 Å². The number of nitrogens with one attached hydrogen (secondary N) is 1. The van der Waals surface area contributed by atoms with Crippen molar-refractivity contribution >= 4 is 32.7 Å². The summed E-state index contributed by atoms with van der Waals surface area (Å²) >= 11 is 3.29. The van der Waals surface area contributed by atoms with Crippen LogP contribution in [-0.2, 0) is 0 Å². The Balaban J connectivity index is 2.11. The number of halogens is 2. The van der Waals surface area contributed by atoms with E-state index in [4.69, 9.17) is 0 Å². The number of rotatable bonds is 3. The molecular formula is C19H13BrFN3O3. The summed E-state index contributed by atoms with van der Waals surface area (Å²) in [6.45, 7) is 1.25. The molecule has 2 heterocycles. The Bertz CT molecular complexity index is 1210.